The van der Waals surface area contributed by atoms with Crippen molar-refractivity contribution < 1.29 is 8.83 Å². The number of fused-ring (bicyclic) bond motifs is 27. The summed E-state index contributed by atoms with van der Waals surface area (Å²) < 4.78 is 23.4. The second-order valence-electron chi connectivity index (χ2n) is 39.8. The minimum atomic E-state index is -0.102. The quantitative estimate of drug-likeness (QED) is 0.122. The molecule has 5 nitrogen and oxygen atoms in total. The van der Waals surface area contributed by atoms with Crippen molar-refractivity contribution in [2.75, 3.05) is 14.7 Å². The predicted octanol–water partition coefficient (Wildman–Crippen LogP) is 40.7. The van der Waals surface area contributed by atoms with E-state index in [0.29, 0.717) is 0 Å². The van der Waals surface area contributed by atoms with Crippen LogP contribution in [0.4, 0.5) is 51.2 Å². The van der Waals surface area contributed by atoms with Crippen LogP contribution in [-0.4, -0.2) is 0 Å². The average molecular weight is 1920 g/mol. The molecule has 3 aliphatic carbocycles. The first-order chi connectivity index (χ1) is 70.7. The molecule has 0 bridgehead atoms. The second-order valence-corrected chi connectivity index (χ2v) is 44.1. The predicted molar refractivity (Wildman–Crippen MR) is 618 cm³/mol. The Bertz CT molecular complexity index is 9030. The van der Waals surface area contributed by atoms with Crippen molar-refractivity contribution in [3.63, 3.8) is 0 Å². The first-order valence-corrected chi connectivity index (χ1v) is 52.8. The van der Waals surface area contributed by atoms with Gasteiger partial charge in [-0.2, -0.15) is 0 Å². The first-order valence-electron chi connectivity index (χ1n) is 49.6. The van der Waals surface area contributed by atoms with Gasteiger partial charge in [0.1, 0.15) is 22.3 Å². The maximum Gasteiger partial charge on any atom is 0.143 e. The molecule has 0 saturated heterocycles. The zero-order chi connectivity index (χ0) is 96.0. The molecule has 0 saturated carbocycles. The van der Waals surface area contributed by atoms with Crippen molar-refractivity contribution in [2.45, 2.75) is 57.8 Å². The number of rotatable bonds is 12. The van der Waals surface area contributed by atoms with Crippen molar-refractivity contribution >= 4 is 221 Å². The molecule has 27 aromatic rings. The molecule has 6 aromatic heterocycles. The highest BCUT2D eigenvalue weighted by atomic mass is 32.1. The van der Waals surface area contributed by atoms with Crippen molar-refractivity contribution in [3.8, 4) is 66.8 Å². The van der Waals surface area contributed by atoms with Gasteiger partial charge in [-0.05, 0) is 205 Å². The zero-order valence-corrected chi connectivity index (χ0v) is 83.4. The van der Waals surface area contributed by atoms with Crippen molar-refractivity contribution in [1.82, 2.24) is 0 Å². The third-order valence-electron chi connectivity index (χ3n) is 30.9. The number of furan rings is 2. The summed E-state index contributed by atoms with van der Waals surface area (Å²) in [6.45, 7) is 14.1. The van der Waals surface area contributed by atoms with Crippen LogP contribution in [0.5, 0.6) is 0 Å². The summed E-state index contributed by atoms with van der Waals surface area (Å²) >= 11 is 7.50. The second kappa shape index (κ2) is 33.3. The lowest BCUT2D eigenvalue weighted by Crippen LogP contribution is -2.16. The minimum absolute atomic E-state index is 0.0819. The normalized spacial score (nSPS) is 13.4. The topological polar surface area (TPSA) is 36.0 Å². The fraction of sp³-hybridized carbons (Fsp3) is 0.0667. The lowest BCUT2D eigenvalue weighted by Gasteiger charge is -2.29. The first kappa shape index (κ1) is 85.5. The smallest absolute Gasteiger partial charge is 0.143 e. The molecule has 9 heteroatoms. The van der Waals surface area contributed by atoms with Crippen LogP contribution in [0.1, 0.15) is 74.9 Å². The molecule has 30 rings (SSSR count). The summed E-state index contributed by atoms with van der Waals surface area (Å²) in [5.74, 6) is 0. The van der Waals surface area contributed by atoms with Gasteiger partial charge in [-0.15, -0.1) is 45.3 Å². The largest absolute Gasteiger partial charge is 0.456 e. The van der Waals surface area contributed by atoms with E-state index in [-0.39, 0.29) is 16.2 Å². The molecule has 0 radical (unpaired) electrons. The van der Waals surface area contributed by atoms with Gasteiger partial charge < -0.3 is 23.5 Å². The number of hydrogen-bond donors (Lipinski definition) is 0. The number of hydrogen-bond acceptors (Lipinski definition) is 9. The van der Waals surface area contributed by atoms with Gasteiger partial charge >= 0.3 is 0 Å². The Balaban J connectivity index is 0.000000105. The van der Waals surface area contributed by atoms with E-state index in [1.807, 2.05) is 63.5 Å². The molecule has 0 fully saturated rings. The van der Waals surface area contributed by atoms with Crippen LogP contribution in [0.15, 0.2) is 464 Å². The van der Waals surface area contributed by atoms with Crippen molar-refractivity contribution in [2.24, 2.45) is 0 Å². The highest BCUT2D eigenvalue weighted by Gasteiger charge is 2.42. The number of anilines is 9. The van der Waals surface area contributed by atoms with Crippen LogP contribution in [0.2, 0.25) is 0 Å². The number of nitrogens with zero attached hydrogens (tertiary/aromatic N) is 3. The minimum Gasteiger partial charge on any atom is -0.456 e. The van der Waals surface area contributed by atoms with E-state index in [1.54, 1.807) is 0 Å². The maximum atomic E-state index is 6.43. The molecule has 0 amide bonds. The fourth-order valence-corrected chi connectivity index (χ4v) is 28.8. The molecule has 144 heavy (non-hydrogen) atoms. The third kappa shape index (κ3) is 13.3. The van der Waals surface area contributed by atoms with Gasteiger partial charge in [0, 0.05) is 152 Å². The molecule has 0 spiro atoms. The van der Waals surface area contributed by atoms with Gasteiger partial charge in [0.2, 0.25) is 0 Å². The highest BCUT2D eigenvalue weighted by Crippen LogP contribution is 2.61. The fourth-order valence-electron chi connectivity index (χ4n) is 24.1. The summed E-state index contributed by atoms with van der Waals surface area (Å²) in [5, 5.41) is 15.0. The standard InChI is InChI=1S/2C45H31NOS.C45H31NS2/c1-45(2)35-17-6-3-13-33(35)42-36(45)18-10-19-37(42)46(38-20-11-22-40-43(38)34-14-4-7-21-39(34)47-40)29-26-24-28(25-27-29)30-15-9-16-32-31-12-5-8-23-41(31)48-44(30)32;1-45(2)35-17-6-3-13-33(35)42-36(45)18-10-19-37(42)46(38-20-11-23-41-43(38)34-14-5-8-22-40(34)48-41)29-26-24-28(25-27-29)30-15-9-16-32-31-12-4-7-21-39(31)47-44(30)32;1-45(2)35-17-6-3-13-33(35)42-36(45)18-10-19-37(42)46(38-20-11-23-41-43(38)34-14-5-8-22-40(34)47-41)29-26-24-28(25-27-29)30-15-9-16-32-31-12-4-7-21-39(31)48-44(30)32/h3*3-27H,1-2H3. The van der Waals surface area contributed by atoms with Crippen LogP contribution in [0, 0.1) is 0 Å². The maximum absolute atomic E-state index is 6.43. The van der Waals surface area contributed by atoms with Gasteiger partial charge in [-0.25, -0.2) is 0 Å². The molecule has 3 aliphatic rings. The van der Waals surface area contributed by atoms with E-state index in [4.69, 9.17) is 8.83 Å². The van der Waals surface area contributed by atoms with Crippen LogP contribution < -0.4 is 14.7 Å². The highest BCUT2D eigenvalue weighted by molar-refractivity contribution is 7.27. The van der Waals surface area contributed by atoms with Crippen LogP contribution in [0.25, 0.3) is 191 Å². The SMILES string of the molecule is CC1(C)c2ccccc2-c2c(N(c3ccc(-c4cccc5c4oc4ccccc45)cc3)c3cccc4sc5ccccc5c34)cccc21.CC1(C)c2ccccc2-c2c(N(c3ccc(-c4cccc5c4sc4ccccc45)cc3)c3cccc4oc5ccccc5c34)cccc21.CC1(C)c2ccccc2-c2c(N(c3ccc(-c4cccc5c4sc4ccccc45)cc3)c3cccc4sc5ccccc5c34)cccc21. The van der Waals surface area contributed by atoms with Crippen LogP contribution in [0.3, 0.4) is 0 Å². The van der Waals surface area contributed by atoms with Gasteiger partial charge in [0.15, 0.2) is 0 Å². The third-order valence-corrected chi connectivity index (χ3v) is 35.6. The Morgan fingerprint density at radius 3 is 0.889 bits per heavy atom. The lowest BCUT2D eigenvalue weighted by atomic mass is 9.82. The van der Waals surface area contributed by atoms with E-state index in [1.165, 1.54) is 198 Å². The summed E-state index contributed by atoms with van der Waals surface area (Å²) in [6, 6.07) is 166. The Kier molecular flexibility index (Phi) is 19.8. The molecule has 0 unspecified atom stereocenters. The van der Waals surface area contributed by atoms with Crippen molar-refractivity contribution in [3.05, 3.63) is 488 Å². The Labute approximate surface area is 850 Å². The lowest BCUT2D eigenvalue weighted by molar-refractivity contribution is 0.660. The summed E-state index contributed by atoms with van der Waals surface area (Å²) in [6.07, 6.45) is 0. The van der Waals surface area contributed by atoms with Gasteiger partial charge in [0.05, 0.1) is 39.5 Å². The average Bonchev–Trinajstić information content (AvgIpc) is 1.56. The molecular weight excluding hydrogens is 1820 g/mol. The van der Waals surface area contributed by atoms with E-state index < -0.39 is 0 Å². The Morgan fingerprint density at radius 2 is 0.458 bits per heavy atom. The van der Waals surface area contributed by atoms with E-state index in [0.717, 1.165) is 77.8 Å². The van der Waals surface area contributed by atoms with Crippen LogP contribution >= 0.6 is 45.3 Å². The molecule has 0 N–H and O–H groups in total. The molecular formula is C135H93N3O2S4. The van der Waals surface area contributed by atoms with E-state index >= 15 is 0 Å². The monoisotopic (exact) mass is 1920 g/mol. The molecule has 0 atom stereocenters. The van der Waals surface area contributed by atoms with Gasteiger partial charge in [-0.1, -0.05) is 369 Å². The Hall–Kier alpha value is -16.5. The van der Waals surface area contributed by atoms with Gasteiger partial charge in [-0.3, -0.25) is 0 Å². The van der Waals surface area contributed by atoms with Crippen LogP contribution in [-0.2, 0) is 16.2 Å². The molecule has 684 valence electrons. The summed E-state index contributed by atoms with van der Waals surface area (Å²) in [5.41, 5.74) is 37.1. The number of thiophene rings is 4. The number of benzene rings is 21. The molecule has 21 aromatic carbocycles. The van der Waals surface area contributed by atoms with E-state index in [2.05, 4.69) is 493 Å². The summed E-state index contributed by atoms with van der Waals surface area (Å²) in [4.78, 5) is 7.46. The van der Waals surface area contributed by atoms with E-state index in [9.17, 15) is 0 Å². The zero-order valence-electron chi connectivity index (χ0n) is 80.1. The Morgan fingerprint density at radius 1 is 0.181 bits per heavy atom. The number of para-hydroxylation sites is 3. The summed E-state index contributed by atoms with van der Waals surface area (Å²) in [7, 11) is 0. The van der Waals surface area contributed by atoms with Gasteiger partial charge in [0.25, 0.3) is 0 Å². The molecule has 0 aliphatic heterocycles. The van der Waals surface area contributed by atoms with Crippen molar-refractivity contribution in [1.29, 1.82) is 0 Å². The molecule has 6 heterocycles.